The maximum Gasteiger partial charge on any atom is 0.313 e. The van der Waals surface area contributed by atoms with Gasteiger partial charge in [-0.1, -0.05) is 12.5 Å². The second-order valence-electron chi connectivity index (χ2n) is 5.75. The van der Waals surface area contributed by atoms with Crippen LogP contribution in [0.4, 0.5) is 5.82 Å². The fraction of sp³-hybridized carbons (Fsp3) is 0.600. The quantitative estimate of drug-likeness (QED) is 0.764. The van der Waals surface area contributed by atoms with Crippen molar-refractivity contribution in [3.8, 4) is 0 Å². The van der Waals surface area contributed by atoms with Crippen LogP contribution in [-0.2, 0) is 9.53 Å². The predicted molar refractivity (Wildman–Crippen MR) is 73.0 cm³/mol. The van der Waals surface area contributed by atoms with Crippen molar-refractivity contribution in [3.05, 3.63) is 23.9 Å². The van der Waals surface area contributed by atoms with Crippen LogP contribution in [0, 0.1) is 18.3 Å². The Morgan fingerprint density at radius 3 is 3.11 bits per heavy atom. The van der Waals surface area contributed by atoms with Gasteiger partial charge in [0.25, 0.3) is 0 Å². The van der Waals surface area contributed by atoms with Crippen LogP contribution < -0.4 is 4.90 Å². The molecule has 1 aliphatic heterocycles. The Labute approximate surface area is 113 Å². The van der Waals surface area contributed by atoms with Gasteiger partial charge in [0, 0.05) is 18.8 Å². The number of methoxy groups -OCH3 is 1. The molecule has 0 aromatic carbocycles. The minimum Gasteiger partial charge on any atom is -0.469 e. The molecule has 2 atom stereocenters. The minimum atomic E-state index is -0.291. The summed E-state index contributed by atoms with van der Waals surface area (Å²) >= 11 is 0. The molecule has 0 bridgehead atoms. The van der Waals surface area contributed by atoms with Gasteiger partial charge in [0.05, 0.1) is 12.5 Å². The van der Waals surface area contributed by atoms with Crippen LogP contribution in [0.5, 0.6) is 0 Å². The Morgan fingerprint density at radius 2 is 2.37 bits per heavy atom. The summed E-state index contributed by atoms with van der Waals surface area (Å²) in [5, 5.41) is 0. The molecule has 1 aliphatic carbocycles. The largest absolute Gasteiger partial charge is 0.469 e. The number of pyridine rings is 1. The number of aromatic nitrogens is 1. The monoisotopic (exact) mass is 260 g/mol. The average molecular weight is 260 g/mol. The number of aryl methyl sites for hydroxylation is 1. The lowest BCUT2D eigenvalue weighted by atomic mass is 9.81. The minimum absolute atomic E-state index is 0.0369. The third-order valence-electron chi connectivity index (χ3n) is 4.66. The third kappa shape index (κ3) is 1.90. The van der Waals surface area contributed by atoms with Crippen LogP contribution in [0.2, 0.25) is 0 Å². The molecule has 1 aromatic rings. The zero-order valence-corrected chi connectivity index (χ0v) is 11.6. The summed E-state index contributed by atoms with van der Waals surface area (Å²) in [4.78, 5) is 19.0. The first kappa shape index (κ1) is 12.5. The van der Waals surface area contributed by atoms with Crippen LogP contribution in [0.15, 0.2) is 18.2 Å². The van der Waals surface area contributed by atoms with E-state index in [2.05, 4.69) is 9.88 Å². The Balaban J connectivity index is 1.88. The highest BCUT2D eigenvalue weighted by Crippen LogP contribution is 2.50. The van der Waals surface area contributed by atoms with Crippen molar-refractivity contribution in [2.45, 2.75) is 26.2 Å². The summed E-state index contributed by atoms with van der Waals surface area (Å²) in [6, 6.07) is 6.05. The Bertz CT molecular complexity index is 503. The molecule has 19 heavy (non-hydrogen) atoms. The smallest absolute Gasteiger partial charge is 0.313 e. The number of hydrogen-bond acceptors (Lipinski definition) is 4. The number of ether oxygens (including phenoxy) is 1. The molecule has 1 aromatic heterocycles. The van der Waals surface area contributed by atoms with E-state index in [1.165, 1.54) is 7.11 Å². The van der Waals surface area contributed by atoms with Gasteiger partial charge in [-0.15, -0.1) is 0 Å². The first-order valence-corrected chi connectivity index (χ1v) is 6.93. The van der Waals surface area contributed by atoms with E-state index in [1.54, 1.807) is 0 Å². The van der Waals surface area contributed by atoms with E-state index in [0.29, 0.717) is 5.92 Å². The fourth-order valence-corrected chi connectivity index (χ4v) is 3.71. The standard InChI is InChI=1S/C15H20N2O2/c1-11-5-3-7-13(16-11)17-9-12-6-4-8-15(12,10-17)14(18)19-2/h3,5,7,12H,4,6,8-10H2,1-2H3. The van der Waals surface area contributed by atoms with Gasteiger partial charge in [-0.3, -0.25) is 4.79 Å². The highest BCUT2D eigenvalue weighted by atomic mass is 16.5. The van der Waals surface area contributed by atoms with E-state index in [4.69, 9.17) is 4.74 Å². The van der Waals surface area contributed by atoms with Gasteiger partial charge in [-0.25, -0.2) is 4.98 Å². The van der Waals surface area contributed by atoms with E-state index < -0.39 is 0 Å². The molecular formula is C15H20N2O2. The van der Waals surface area contributed by atoms with Gasteiger partial charge in [-0.05, 0) is 37.8 Å². The Hall–Kier alpha value is -1.58. The molecule has 0 spiro atoms. The van der Waals surface area contributed by atoms with Gasteiger partial charge < -0.3 is 9.64 Å². The maximum atomic E-state index is 12.2. The van der Waals surface area contributed by atoms with Crippen molar-refractivity contribution in [1.29, 1.82) is 0 Å². The highest BCUT2D eigenvalue weighted by Gasteiger charge is 2.55. The third-order valence-corrected chi connectivity index (χ3v) is 4.66. The molecule has 1 saturated heterocycles. The summed E-state index contributed by atoms with van der Waals surface area (Å²) < 4.78 is 5.06. The van der Waals surface area contributed by atoms with Gasteiger partial charge in [0.15, 0.2) is 0 Å². The Morgan fingerprint density at radius 1 is 1.53 bits per heavy atom. The van der Waals surface area contributed by atoms with E-state index in [-0.39, 0.29) is 11.4 Å². The number of carbonyl (C=O) groups is 1. The number of rotatable bonds is 2. The summed E-state index contributed by atoms with van der Waals surface area (Å²) in [6.45, 7) is 3.67. The highest BCUT2D eigenvalue weighted by molar-refractivity contribution is 5.79. The molecule has 2 fully saturated rings. The van der Waals surface area contributed by atoms with Crippen molar-refractivity contribution in [1.82, 2.24) is 4.98 Å². The van der Waals surface area contributed by atoms with Crippen LogP contribution in [0.25, 0.3) is 0 Å². The molecule has 0 N–H and O–H groups in total. The molecule has 3 rings (SSSR count). The van der Waals surface area contributed by atoms with Gasteiger partial charge in [0.2, 0.25) is 0 Å². The molecule has 1 saturated carbocycles. The predicted octanol–water partition coefficient (Wildman–Crippen LogP) is 2.17. The number of carbonyl (C=O) groups excluding carboxylic acids is 1. The van der Waals surface area contributed by atoms with Gasteiger partial charge >= 0.3 is 5.97 Å². The zero-order chi connectivity index (χ0) is 13.5. The summed E-state index contributed by atoms with van der Waals surface area (Å²) in [5.41, 5.74) is 0.724. The average Bonchev–Trinajstić information content (AvgIpc) is 2.95. The lowest BCUT2D eigenvalue weighted by molar-refractivity contribution is -0.152. The van der Waals surface area contributed by atoms with Crippen molar-refractivity contribution in [2.24, 2.45) is 11.3 Å². The van der Waals surface area contributed by atoms with Crippen LogP contribution >= 0.6 is 0 Å². The summed E-state index contributed by atoms with van der Waals surface area (Å²) in [5.74, 6) is 1.37. The first-order valence-electron chi connectivity index (χ1n) is 6.93. The van der Waals surface area contributed by atoms with E-state index in [0.717, 1.165) is 43.9 Å². The second-order valence-corrected chi connectivity index (χ2v) is 5.75. The topological polar surface area (TPSA) is 42.4 Å². The molecule has 2 unspecified atom stereocenters. The lowest BCUT2D eigenvalue weighted by Crippen LogP contribution is -2.37. The maximum absolute atomic E-state index is 12.2. The van der Waals surface area contributed by atoms with Gasteiger partial charge in [0.1, 0.15) is 5.82 Å². The number of fused-ring (bicyclic) bond motifs is 1. The lowest BCUT2D eigenvalue weighted by Gasteiger charge is -2.25. The number of hydrogen-bond donors (Lipinski definition) is 0. The van der Waals surface area contributed by atoms with E-state index >= 15 is 0 Å². The number of anilines is 1. The molecular weight excluding hydrogens is 240 g/mol. The molecule has 102 valence electrons. The first-order chi connectivity index (χ1) is 9.15. The summed E-state index contributed by atoms with van der Waals surface area (Å²) in [7, 11) is 1.50. The molecule has 4 heteroatoms. The molecule has 0 amide bonds. The molecule has 0 radical (unpaired) electrons. The molecule has 2 heterocycles. The molecule has 2 aliphatic rings. The van der Waals surface area contributed by atoms with Crippen molar-refractivity contribution >= 4 is 11.8 Å². The zero-order valence-electron chi connectivity index (χ0n) is 11.6. The second kappa shape index (κ2) is 4.51. The van der Waals surface area contributed by atoms with Crippen molar-refractivity contribution in [3.63, 3.8) is 0 Å². The SMILES string of the molecule is COC(=O)C12CCCC1CN(c1cccc(C)n1)C2. The molecule has 4 nitrogen and oxygen atoms in total. The number of esters is 1. The Kier molecular flexibility index (Phi) is 2.96. The normalized spacial score (nSPS) is 29.4. The van der Waals surface area contributed by atoms with Crippen LogP contribution in [0.1, 0.15) is 25.0 Å². The fourth-order valence-electron chi connectivity index (χ4n) is 3.71. The van der Waals surface area contributed by atoms with E-state index in [9.17, 15) is 4.79 Å². The van der Waals surface area contributed by atoms with Gasteiger partial charge in [-0.2, -0.15) is 0 Å². The van der Waals surface area contributed by atoms with Crippen molar-refractivity contribution in [2.75, 3.05) is 25.1 Å². The van der Waals surface area contributed by atoms with Crippen molar-refractivity contribution < 1.29 is 9.53 Å². The van der Waals surface area contributed by atoms with E-state index in [1.807, 2.05) is 25.1 Å². The van der Waals surface area contributed by atoms with Crippen LogP contribution in [-0.4, -0.2) is 31.2 Å². The number of nitrogens with zero attached hydrogens (tertiary/aromatic N) is 2. The summed E-state index contributed by atoms with van der Waals surface area (Å²) in [6.07, 6.45) is 3.21. The van der Waals surface area contributed by atoms with Crippen LogP contribution in [0.3, 0.4) is 0 Å².